The summed E-state index contributed by atoms with van der Waals surface area (Å²) in [7, 11) is 0. The van der Waals surface area contributed by atoms with Crippen LogP contribution in [0.1, 0.15) is 5.56 Å². The van der Waals surface area contributed by atoms with Crippen LogP contribution in [-0.2, 0) is 5.75 Å². The topological polar surface area (TPSA) is 66.9 Å². The molecular formula is C16H11Cl2FN4OS2. The summed E-state index contributed by atoms with van der Waals surface area (Å²) in [5.74, 6) is 0.0718. The van der Waals surface area contributed by atoms with Crippen LogP contribution >= 0.6 is 46.3 Å². The molecule has 0 saturated heterocycles. The van der Waals surface area contributed by atoms with E-state index in [2.05, 4.69) is 20.8 Å². The molecule has 0 aliphatic carbocycles. The van der Waals surface area contributed by atoms with Crippen LogP contribution in [0.3, 0.4) is 0 Å². The quantitative estimate of drug-likeness (QED) is 0.390. The Morgan fingerprint density at radius 3 is 2.73 bits per heavy atom. The van der Waals surface area contributed by atoms with Gasteiger partial charge in [-0.05, 0) is 29.8 Å². The van der Waals surface area contributed by atoms with Crippen LogP contribution in [0.4, 0.5) is 20.0 Å². The molecular weight excluding hydrogens is 418 g/mol. The molecule has 134 valence electrons. The normalized spacial score (nSPS) is 10.6. The Labute approximate surface area is 166 Å². The minimum Gasteiger partial charge on any atom is -0.305 e. The third-order valence-electron chi connectivity index (χ3n) is 3.12. The van der Waals surface area contributed by atoms with Crippen molar-refractivity contribution in [2.45, 2.75) is 10.1 Å². The molecule has 1 heterocycles. The lowest BCUT2D eigenvalue weighted by molar-refractivity contribution is 0.262. The molecule has 1 aromatic heterocycles. The van der Waals surface area contributed by atoms with Gasteiger partial charge in [0, 0.05) is 15.8 Å². The van der Waals surface area contributed by atoms with Gasteiger partial charge in [-0.2, -0.15) is 0 Å². The molecule has 0 unspecified atom stereocenters. The number of rotatable bonds is 5. The number of urea groups is 1. The zero-order valence-corrected chi connectivity index (χ0v) is 16.1. The number of anilines is 2. The SMILES string of the molecule is O=C(Nc1nnc(SCc2ccc(Cl)cc2Cl)s1)Nc1ccccc1F. The van der Waals surface area contributed by atoms with Gasteiger partial charge in [-0.25, -0.2) is 9.18 Å². The third kappa shape index (κ3) is 5.07. The van der Waals surface area contributed by atoms with Crippen molar-refractivity contribution in [2.75, 3.05) is 10.6 Å². The molecule has 3 rings (SSSR count). The molecule has 26 heavy (non-hydrogen) atoms. The Kier molecular flexibility index (Phi) is 6.31. The maximum absolute atomic E-state index is 13.5. The van der Waals surface area contributed by atoms with Crippen LogP contribution in [0.15, 0.2) is 46.8 Å². The molecule has 0 radical (unpaired) electrons. The summed E-state index contributed by atoms with van der Waals surface area (Å²) in [6.45, 7) is 0. The lowest BCUT2D eigenvalue weighted by Crippen LogP contribution is -2.19. The van der Waals surface area contributed by atoms with Gasteiger partial charge in [0.15, 0.2) is 4.34 Å². The van der Waals surface area contributed by atoms with E-state index >= 15 is 0 Å². The highest BCUT2D eigenvalue weighted by molar-refractivity contribution is 8.00. The molecule has 5 nitrogen and oxygen atoms in total. The first-order valence-corrected chi connectivity index (χ1v) is 9.80. The summed E-state index contributed by atoms with van der Waals surface area (Å²) in [5, 5.41) is 14.3. The summed E-state index contributed by atoms with van der Waals surface area (Å²) in [6, 6.07) is 10.6. The number of aromatic nitrogens is 2. The van der Waals surface area contributed by atoms with Crippen molar-refractivity contribution in [3.63, 3.8) is 0 Å². The zero-order chi connectivity index (χ0) is 18.5. The molecule has 0 aliphatic rings. The number of carbonyl (C=O) groups excluding carboxylic acids is 1. The lowest BCUT2D eigenvalue weighted by atomic mass is 10.2. The van der Waals surface area contributed by atoms with Crippen LogP contribution < -0.4 is 10.6 Å². The number of hydrogen-bond acceptors (Lipinski definition) is 5. The molecule has 0 spiro atoms. The van der Waals surface area contributed by atoms with Gasteiger partial charge < -0.3 is 5.32 Å². The first-order chi connectivity index (χ1) is 12.5. The van der Waals surface area contributed by atoms with Gasteiger partial charge in [0.05, 0.1) is 5.69 Å². The second-order valence-corrected chi connectivity index (χ2v) is 8.00. The van der Waals surface area contributed by atoms with Crippen LogP contribution in [0, 0.1) is 5.82 Å². The lowest BCUT2D eigenvalue weighted by Gasteiger charge is -2.05. The summed E-state index contributed by atoms with van der Waals surface area (Å²) in [6.07, 6.45) is 0. The summed E-state index contributed by atoms with van der Waals surface area (Å²) in [4.78, 5) is 11.9. The molecule has 2 aromatic carbocycles. The van der Waals surface area contributed by atoms with E-state index in [9.17, 15) is 9.18 Å². The van der Waals surface area contributed by atoms with Crippen molar-refractivity contribution in [1.29, 1.82) is 0 Å². The summed E-state index contributed by atoms with van der Waals surface area (Å²) >= 11 is 14.6. The van der Waals surface area contributed by atoms with Crippen molar-refractivity contribution in [3.8, 4) is 0 Å². The summed E-state index contributed by atoms with van der Waals surface area (Å²) < 4.78 is 14.2. The zero-order valence-electron chi connectivity index (χ0n) is 13.0. The van der Waals surface area contributed by atoms with Gasteiger partial charge in [-0.1, -0.05) is 64.5 Å². The first-order valence-electron chi connectivity index (χ1n) is 7.24. The van der Waals surface area contributed by atoms with Gasteiger partial charge in [-0.3, -0.25) is 5.32 Å². The Balaban J connectivity index is 1.56. The van der Waals surface area contributed by atoms with Crippen LogP contribution in [-0.4, -0.2) is 16.2 Å². The largest absolute Gasteiger partial charge is 0.325 e. The molecule has 2 amide bonds. The average molecular weight is 429 g/mol. The van der Waals surface area contributed by atoms with Crippen molar-refractivity contribution in [1.82, 2.24) is 10.2 Å². The van der Waals surface area contributed by atoms with Gasteiger partial charge in [-0.15, -0.1) is 10.2 Å². The van der Waals surface area contributed by atoms with Crippen LogP contribution in [0.25, 0.3) is 0 Å². The van der Waals surface area contributed by atoms with Crippen molar-refractivity contribution in [2.24, 2.45) is 0 Å². The van der Waals surface area contributed by atoms with Crippen LogP contribution in [0.2, 0.25) is 10.0 Å². The van der Waals surface area contributed by atoms with Crippen molar-refractivity contribution < 1.29 is 9.18 Å². The second kappa shape index (κ2) is 8.68. The molecule has 3 aromatic rings. The van der Waals surface area contributed by atoms with Crippen LogP contribution in [0.5, 0.6) is 0 Å². The fourth-order valence-corrected chi connectivity index (χ4v) is 4.22. The number of para-hydroxylation sites is 1. The highest BCUT2D eigenvalue weighted by Crippen LogP contribution is 2.31. The predicted octanol–water partition coefficient (Wildman–Crippen LogP) is 5.92. The molecule has 2 N–H and O–H groups in total. The van der Waals surface area contributed by atoms with E-state index in [4.69, 9.17) is 23.2 Å². The minimum absolute atomic E-state index is 0.0847. The molecule has 0 saturated carbocycles. The van der Waals surface area contributed by atoms with E-state index in [1.54, 1.807) is 24.3 Å². The predicted molar refractivity (Wildman–Crippen MR) is 105 cm³/mol. The van der Waals surface area contributed by atoms with Gasteiger partial charge in [0.2, 0.25) is 5.13 Å². The van der Waals surface area contributed by atoms with E-state index in [1.807, 2.05) is 6.07 Å². The maximum Gasteiger partial charge on any atom is 0.325 e. The minimum atomic E-state index is -0.594. The number of halogens is 3. The summed E-state index contributed by atoms with van der Waals surface area (Å²) in [5.41, 5.74) is 1.00. The highest BCUT2D eigenvalue weighted by Gasteiger charge is 2.11. The number of nitrogens with zero attached hydrogens (tertiary/aromatic N) is 2. The Morgan fingerprint density at radius 1 is 1.15 bits per heavy atom. The number of nitrogens with one attached hydrogen (secondary N) is 2. The van der Waals surface area contributed by atoms with E-state index in [-0.39, 0.29) is 5.69 Å². The molecule has 0 atom stereocenters. The van der Waals surface area contributed by atoms with Gasteiger partial charge in [0.1, 0.15) is 5.82 Å². The maximum atomic E-state index is 13.5. The third-order valence-corrected chi connectivity index (χ3v) is 5.72. The Hall–Kier alpha value is -1.87. The highest BCUT2D eigenvalue weighted by atomic mass is 35.5. The smallest absolute Gasteiger partial charge is 0.305 e. The molecule has 10 heteroatoms. The van der Waals surface area contributed by atoms with Gasteiger partial charge >= 0.3 is 6.03 Å². The fourth-order valence-electron chi connectivity index (χ4n) is 1.91. The van der Waals surface area contributed by atoms with Crippen molar-refractivity contribution in [3.05, 3.63) is 63.9 Å². The monoisotopic (exact) mass is 428 g/mol. The molecule has 0 aliphatic heterocycles. The van der Waals surface area contributed by atoms with Crippen molar-refractivity contribution >= 4 is 63.2 Å². The average Bonchev–Trinajstić information content (AvgIpc) is 3.03. The van der Waals surface area contributed by atoms with E-state index < -0.39 is 11.8 Å². The standard InChI is InChI=1S/C16H11Cl2FN4OS2/c17-10-6-5-9(11(18)7-10)8-25-16-23-22-15(26-16)21-14(24)20-13-4-2-1-3-12(13)19/h1-7H,8H2,(H2,20,21,22,24). The fraction of sp³-hybridized carbons (Fsp3) is 0.0625. The Morgan fingerprint density at radius 2 is 1.96 bits per heavy atom. The molecule has 0 bridgehead atoms. The second-order valence-electron chi connectivity index (χ2n) is 4.96. The number of hydrogen-bond donors (Lipinski definition) is 2. The number of amides is 2. The van der Waals surface area contributed by atoms with E-state index in [0.717, 1.165) is 5.56 Å². The van der Waals surface area contributed by atoms with Gasteiger partial charge in [0.25, 0.3) is 0 Å². The number of thioether (sulfide) groups is 1. The Bertz CT molecular complexity index is 938. The molecule has 0 fully saturated rings. The van der Waals surface area contributed by atoms with E-state index in [1.165, 1.54) is 35.2 Å². The van der Waals surface area contributed by atoms with E-state index in [0.29, 0.717) is 25.3 Å². The number of carbonyl (C=O) groups is 1. The first kappa shape index (κ1) is 18.9. The number of benzene rings is 2.